The zero-order valence-electron chi connectivity index (χ0n) is 12.6. The van der Waals surface area contributed by atoms with Crippen LogP contribution in [0.3, 0.4) is 0 Å². The minimum absolute atomic E-state index is 0.353. The molecule has 2 rings (SSSR count). The number of likely N-dealkylation sites (tertiary alicyclic amines) is 1. The first-order chi connectivity index (χ1) is 10.4. The second-order valence-electron chi connectivity index (χ2n) is 5.85. The molecule has 2 saturated heterocycles. The van der Waals surface area contributed by atoms with Gasteiger partial charge < -0.3 is 14.4 Å². The lowest BCUT2D eigenvalue weighted by atomic mass is 9.96. The Hall–Kier alpha value is -0.860. The van der Waals surface area contributed by atoms with Gasteiger partial charge in [0.25, 0.3) is 0 Å². The first kappa shape index (κ1) is 17.5. The molecule has 0 spiro atoms. The van der Waals surface area contributed by atoms with Crippen molar-refractivity contribution in [1.29, 1.82) is 0 Å². The number of piperidine rings is 1. The van der Waals surface area contributed by atoms with E-state index in [2.05, 4.69) is 9.64 Å². The molecule has 0 N–H and O–H groups in total. The summed E-state index contributed by atoms with van der Waals surface area (Å²) < 4.78 is 45.6. The topological polar surface area (TPSA) is 42.0 Å². The fourth-order valence-electron chi connectivity index (χ4n) is 2.86. The van der Waals surface area contributed by atoms with E-state index in [0.29, 0.717) is 19.0 Å². The summed E-state index contributed by atoms with van der Waals surface area (Å²) in [5.41, 5.74) is 0. The van der Waals surface area contributed by atoms with Crippen molar-refractivity contribution >= 4 is 5.91 Å². The van der Waals surface area contributed by atoms with Crippen LogP contribution in [-0.2, 0) is 14.3 Å². The molecule has 0 atom stereocenters. The molecular formula is C14H23F3N2O3. The van der Waals surface area contributed by atoms with Crippen molar-refractivity contribution in [3.8, 4) is 0 Å². The van der Waals surface area contributed by atoms with Crippen LogP contribution >= 0.6 is 0 Å². The van der Waals surface area contributed by atoms with Crippen molar-refractivity contribution < 1.29 is 27.4 Å². The molecular weight excluding hydrogens is 301 g/mol. The quantitative estimate of drug-likeness (QED) is 0.760. The number of rotatable bonds is 5. The van der Waals surface area contributed by atoms with Crippen LogP contribution in [0.1, 0.15) is 12.8 Å². The molecule has 0 bridgehead atoms. The molecule has 0 radical (unpaired) electrons. The van der Waals surface area contributed by atoms with Crippen LogP contribution in [0.2, 0.25) is 0 Å². The number of nitrogens with zero attached hydrogens (tertiary/aromatic N) is 2. The molecule has 0 aromatic heterocycles. The van der Waals surface area contributed by atoms with E-state index in [1.54, 1.807) is 4.90 Å². The predicted octanol–water partition coefficient (Wildman–Crippen LogP) is 1.14. The van der Waals surface area contributed by atoms with E-state index in [-0.39, 0.29) is 5.91 Å². The van der Waals surface area contributed by atoms with Crippen molar-refractivity contribution in [2.75, 3.05) is 59.2 Å². The molecule has 128 valence electrons. The first-order valence-corrected chi connectivity index (χ1v) is 7.66. The van der Waals surface area contributed by atoms with E-state index in [0.717, 1.165) is 45.7 Å². The van der Waals surface area contributed by atoms with Crippen molar-refractivity contribution in [3.05, 3.63) is 0 Å². The Labute approximate surface area is 128 Å². The van der Waals surface area contributed by atoms with Crippen molar-refractivity contribution in [1.82, 2.24) is 9.80 Å². The number of alkyl halides is 3. The van der Waals surface area contributed by atoms with E-state index < -0.39 is 19.4 Å². The van der Waals surface area contributed by atoms with Crippen LogP contribution in [-0.4, -0.2) is 81.0 Å². The second kappa shape index (κ2) is 8.12. The number of halogens is 3. The van der Waals surface area contributed by atoms with Crippen LogP contribution in [0, 0.1) is 5.92 Å². The largest absolute Gasteiger partial charge is 0.411 e. The molecule has 5 nitrogen and oxygen atoms in total. The van der Waals surface area contributed by atoms with Gasteiger partial charge in [0.15, 0.2) is 0 Å². The fourth-order valence-corrected chi connectivity index (χ4v) is 2.86. The smallest absolute Gasteiger partial charge is 0.379 e. The minimum Gasteiger partial charge on any atom is -0.379 e. The van der Waals surface area contributed by atoms with Crippen LogP contribution in [0.5, 0.6) is 0 Å². The van der Waals surface area contributed by atoms with E-state index in [1.165, 1.54) is 0 Å². The van der Waals surface area contributed by atoms with Crippen LogP contribution in [0.4, 0.5) is 13.2 Å². The Morgan fingerprint density at radius 1 is 1.14 bits per heavy atom. The van der Waals surface area contributed by atoms with Gasteiger partial charge in [0.2, 0.25) is 5.91 Å². The van der Waals surface area contributed by atoms with Crippen molar-refractivity contribution in [2.45, 2.75) is 19.0 Å². The predicted molar refractivity (Wildman–Crippen MR) is 73.4 cm³/mol. The number of carbonyl (C=O) groups excluding carboxylic acids is 1. The van der Waals surface area contributed by atoms with Gasteiger partial charge in [0.1, 0.15) is 13.2 Å². The summed E-state index contributed by atoms with van der Waals surface area (Å²) in [4.78, 5) is 15.8. The fraction of sp³-hybridized carbons (Fsp3) is 0.929. The lowest BCUT2D eigenvalue weighted by Gasteiger charge is -2.36. The average molecular weight is 324 g/mol. The van der Waals surface area contributed by atoms with E-state index in [9.17, 15) is 18.0 Å². The number of ether oxygens (including phenoxy) is 2. The Morgan fingerprint density at radius 2 is 1.77 bits per heavy atom. The zero-order chi connectivity index (χ0) is 16.0. The number of carbonyl (C=O) groups is 1. The number of hydrogen-bond acceptors (Lipinski definition) is 4. The lowest BCUT2D eigenvalue weighted by Crippen LogP contribution is -2.45. The molecule has 2 aliphatic heterocycles. The van der Waals surface area contributed by atoms with Gasteiger partial charge in [-0.15, -0.1) is 0 Å². The molecule has 2 heterocycles. The molecule has 22 heavy (non-hydrogen) atoms. The summed E-state index contributed by atoms with van der Waals surface area (Å²) in [7, 11) is 0. The monoisotopic (exact) mass is 324 g/mol. The molecule has 0 unspecified atom stereocenters. The summed E-state index contributed by atoms with van der Waals surface area (Å²) in [5.74, 6) is 0.187. The van der Waals surface area contributed by atoms with Gasteiger partial charge in [-0.05, 0) is 18.8 Å². The maximum Gasteiger partial charge on any atom is 0.411 e. The Kier molecular flexibility index (Phi) is 6.46. The van der Waals surface area contributed by atoms with Gasteiger partial charge in [0, 0.05) is 32.7 Å². The summed E-state index contributed by atoms with van der Waals surface area (Å²) >= 11 is 0. The van der Waals surface area contributed by atoms with E-state index >= 15 is 0 Å². The van der Waals surface area contributed by atoms with Gasteiger partial charge in [-0.1, -0.05) is 0 Å². The summed E-state index contributed by atoms with van der Waals surface area (Å²) in [6, 6.07) is 0. The standard InChI is InChI=1S/C14H23F3N2O3/c15-14(16,17)11-22-10-13(20)19-3-1-12(2-4-19)9-18-5-7-21-8-6-18/h12H,1-11H2. The maximum atomic E-state index is 12.0. The third-order valence-corrected chi connectivity index (χ3v) is 4.08. The van der Waals surface area contributed by atoms with E-state index in [4.69, 9.17) is 4.74 Å². The molecule has 1 amide bonds. The number of amides is 1. The van der Waals surface area contributed by atoms with Crippen LogP contribution < -0.4 is 0 Å². The summed E-state index contributed by atoms with van der Waals surface area (Å²) in [6.07, 6.45) is -2.60. The zero-order valence-corrected chi connectivity index (χ0v) is 12.6. The summed E-state index contributed by atoms with van der Waals surface area (Å²) in [6.45, 7) is 3.79. The maximum absolute atomic E-state index is 12.0. The molecule has 2 aliphatic rings. The van der Waals surface area contributed by atoms with Gasteiger partial charge in [0.05, 0.1) is 13.2 Å². The SMILES string of the molecule is O=C(COCC(F)(F)F)N1CCC(CN2CCOCC2)CC1. The van der Waals surface area contributed by atoms with Gasteiger partial charge in [-0.2, -0.15) is 13.2 Å². The Morgan fingerprint density at radius 3 is 2.36 bits per heavy atom. The highest BCUT2D eigenvalue weighted by Crippen LogP contribution is 2.19. The normalized spacial score (nSPS) is 22.0. The second-order valence-corrected chi connectivity index (χ2v) is 5.85. The van der Waals surface area contributed by atoms with Crippen LogP contribution in [0.25, 0.3) is 0 Å². The van der Waals surface area contributed by atoms with Crippen molar-refractivity contribution in [3.63, 3.8) is 0 Å². The van der Waals surface area contributed by atoms with Gasteiger partial charge in [-0.3, -0.25) is 9.69 Å². The molecule has 2 fully saturated rings. The lowest BCUT2D eigenvalue weighted by molar-refractivity contribution is -0.178. The van der Waals surface area contributed by atoms with E-state index in [1.807, 2.05) is 0 Å². The highest BCUT2D eigenvalue weighted by atomic mass is 19.4. The number of morpholine rings is 1. The highest BCUT2D eigenvalue weighted by molar-refractivity contribution is 5.77. The minimum atomic E-state index is -4.38. The Bertz CT molecular complexity index is 352. The van der Waals surface area contributed by atoms with Crippen LogP contribution in [0.15, 0.2) is 0 Å². The summed E-state index contributed by atoms with van der Waals surface area (Å²) in [5, 5.41) is 0. The average Bonchev–Trinajstić information content (AvgIpc) is 2.47. The van der Waals surface area contributed by atoms with Gasteiger partial charge >= 0.3 is 6.18 Å². The number of hydrogen-bond donors (Lipinski definition) is 0. The molecule has 0 saturated carbocycles. The third-order valence-electron chi connectivity index (χ3n) is 4.08. The first-order valence-electron chi connectivity index (χ1n) is 7.66. The van der Waals surface area contributed by atoms with Crippen molar-refractivity contribution in [2.24, 2.45) is 5.92 Å². The molecule has 0 aromatic carbocycles. The molecule has 0 aliphatic carbocycles. The van der Waals surface area contributed by atoms with Gasteiger partial charge in [-0.25, -0.2) is 0 Å². The third kappa shape index (κ3) is 6.10. The highest BCUT2D eigenvalue weighted by Gasteiger charge is 2.29. The molecule has 0 aromatic rings. The molecule has 8 heteroatoms. The Balaban J connectivity index is 1.62.